The van der Waals surface area contributed by atoms with E-state index in [-0.39, 0.29) is 11.5 Å². The average molecular weight is 127 g/mol. The molecular formula is C6H9NO2. The predicted octanol–water partition coefficient (Wildman–Crippen LogP) is 0.601. The van der Waals surface area contributed by atoms with E-state index >= 15 is 0 Å². The molecule has 0 aliphatic heterocycles. The zero-order valence-corrected chi connectivity index (χ0v) is 4.91. The maximum atomic E-state index is 8.90. The van der Waals surface area contributed by atoms with Crippen LogP contribution >= 0.6 is 0 Å². The van der Waals surface area contributed by atoms with Crippen LogP contribution < -0.4 is 5.73 Å². The number of allylic oxidation sites excluding steroid dienone is 1. The van der Waals surface area contributed by atoms with Crippen molar-refractivity contribution in [2.75, 3.05) is 0 Å². The minimum absolute atomic E-state index is 0.113. The van der Waals surface area contributed by atoms with Gasteiger partial charge in [-0.05, 0) is 12.5 Å². The van der Waals surface area contributed by atoms with E-state index in [4.69, 9.17) is 15.9 Å². The molecule has 3 heteroatoms. The summed E-state index contributed by atoms with van der Waals surface area (Å²) in [6.07, 6.45) is 3.76. The van der Waals surface area contributed by atoms with Gasteiger partial charge in [0, 0.05) is 0 Å². The van der Waals surface area contributed by atoms with Crippen LogP contribution in [0.15, 0.2) is 23.7 Å². The van der Waals surface area contributed by atoms with Crippen molar-refractivity contribution in [3.05, 3.63) is 23.7 Å². The van der Waals surface area contributed by atoms with Gasteiger partial charge in [-0.15, -0.1) is 0 Å². The highest BCUT2D eigenvalue weighted by molar-refractivity contribution is 5.23. The standard InChI is InChI=1S/C6H9NO2/c7-4-2-1-3-5(8)6(4)9/h1,3-4,8-9H,2,7H2. The Hall–Kier alpha value is -0.960. The SMILES string of the molecule is NC1CC=CC(O)=C1O. The molecule has 0 spiro atoms. The topological polar surface area (TPSA) is 66.5 Å². The Morgan fingerprint density at radius 1 is 1.56 bits per heavy atom. The summed E-state index contributed by atoms with van der Waals surface area (Å²) in [6.45, 7) is 0. The number of hydrogen-bond donors (Lipinski definition) is 3. The highest BCUT2D eigenvalue weighted by Gasteiger charge is 2.13. The third-order valence-corrected chi connectivity index (χ3v) is 1.28. The predicted molar refractivity (Wildman–Crippen MR) is 34.0 cm³/mol. The van der Waals surface area contributed by atoms with Crippen molar-refractivity contribution in [2.24, 2.45) is 5.73 Å². The van der Waals surface area contributed by atoms with Crippen LogP contribution in [0.5, 0.6) is 0 Å². The quantitative estimate of drug-likeness (QED) is 0.446. The van der Waals surface area contributed by atoms with E-state index in [2.05, 4.69) is 0 Å². The highest BCUT2D eigenvalue weighted by atomic mass is 16.3. The van der Waals surface area contributed by atoms with Gasteiger partial charge in [0.2, 0.25) is 0 Å². The number of aliphatic hydroxyl groups excluding tert-OH is 2. The molecule has 50 valence electrons. The van der Waals surface area contributed by atoms with Crippen molar-refractivity contribution in [1.29, 1.82) is 0 Å². The second kappa shape index (κ2) is 2.11. The van der Waals surface area contributed by atoms with Gasteiger partial charge in [-0.2, -0.15) is 0 Å². The molecule has 1 unspecified atom stereocenters. The number of hydrogen-bond acceptors (Lipinski definition) is 3. The molecule has 4 N–H and O–H groups in total. The van der Waals surface area contributed by atoms with Crippen LogP contribution in [0.3, 0.4) is 0 Å². The fourth-order valence-corrected chi connectivity index (χ4v) is 0.713. The second-order valence-corrected chi connectivity index (χ2v) is 2.02. The largest absolute Gasteiger partial charge is 0.507 e. The lowest BCUT2D eigenvalue weighted by Gasteiger charge is -2.12. The molecule has 0 aromatic carbocycles. The fraction of sp³-hybridized carbons (Fsp3) is 0.333. The molecule has 0 saturated carbocycles. The van der Waals surface area contributed by atoms with E-state index < -0.39 is 6.04 Å². The van der Waals surface area contributed by atoms with Crippen LogP contribution in [0.1, 0.15) is 6.42 Å². The van der Waals surface area contributed by atoms with Crippen molar-refractivity contribution in [2.45, 2.75) is 12.5 Å². The van der Waals surface area contributed by atoms with E-state index in [1.165, 1.54) is 6.08 Å². The first-order chi connectivity index (χ1) is 4.22. The smallest absolute Gasteiger partial charge is 0.154 e. The molecule has 0 aromatic heterocycles. The number of nitrogens with two attached hydrogens (primary N) is 1. The first-order valence-corrected chi connectivity index (χ1v) is 2.76. The molecule has 1 rings (SSSR count). The summed E-state index contributed by atoms with van der Waals surface area (Å²) in [5.41, 5.74) is 5.35. The van der Waals surface area contributed by atoms with Crippen LogP contribution in [-0.4, -0.2) is 16.3 Å². The van der Waals surface area contributed by atoms with Gasteiger partial charge in [0.15, 0.2) is 11.5 Å². The van der Waals surface area contributed by atoms with Gasteiger partial charge >= 0.3 is 0 Å². The summed E-state index contributed by atoms with van der Waals surface area (Å²) in [5, 5.41) is 17.7. The summed E-state index contributed by atoms with van der Waals surface area (Å²) in [4.78, 5) is 0. The normalized spacial score (nSPS) is 27.0. The summed E-state index contributed by atoms with van der Waals surface area (Å²) in [7, 11) is 0. The Kier molecular flexibility index (Phi) is 1.44. The highest BCUT2D eigenvalue weighted by Crippen LogP contribution is 2.12. The first kappa shape index (κ1) is 6.16. The van der Waals surface area contributed by atoms with Crippen molar-refractivity contribution in [1.82, 2.24) is 0 Å². The first-order valence-electron chi connectivity index (χ1n) is 2.76. The third-order valence-electron chi connectivity index (χ3n) is 1.28. The molecule has 0 heterocycles. The van der Waals surface area contributed by atoms with Crippen molar-refractivity contribution in [3.8, 4) is 0 Å². The molecule has 0 radical (unpaired) electrons. The van der Waals surface area contributed by atoms with Crippen LogP contribution in [0.4, 0.5) is 0 Å². The van der Waals surface area contributed by atoms with Gasteiger partial charge in [-0.25, -0.2) is 0 Å². The summed E-state index contributed by atoms with van der Waals surface area (Å²) in [6, 6.07) is -0.421. The molecular weight excluding hydrogens is 118 g/mol. The zero-order valence-electron chi connectivity index (χ0n) is 4.91. The Bertz CT molecular complexity index is 172. The average Bonchev–Trinajstić information content (AvgIpc) is 1.83. The van der Waals surface area contributed by atoms with Gasteiger partial charge in [0.25, 0.3) is 0 Å². The molecule has 0 bridgehead atoms. The van der Waals surface area contributed by atoms with Crippen LogP contribution in [0, 0.1) is 0 Å². The summed E-state index contributed by atoms with van der Waals surface area (Å²) >= 11 is 0. The number of aliphatic hydroxyl groups is 2. The Morgan fingerprint density at radius 2 is 2.22 bits per heavy atom. The molecule has 1 atom stereocenters. The molecule has 0 aromatic rings. The van der Waals surface area contributed by atoms with Crippen LogP contribution in [-0.2, 0) is 0 Å². The monoisotopic (exact) mass is 127 g/mol. The summed E-state index contributed by atoms with van der Waals surface area (Å²) in [5.74, 6) is -0.230. The van der Waals surface area contributed by atoms with Crippen LogP contribution in [0.2, 0.25) is 0 Å². The van der Waals surface area contributed by atoms with Crippen molar-refractivity contribution >= 4 is 0 Å². The Balaban J connectivity index is 2.83. The van der Waals surface area contributed by atoms with Gasteiger partial charge in [-0.3, -0.25) is 0 Å². The maximum absolute atomic E-state index is 8.90. The Morgan fingerprint density at radius 3 is 2.67 bits per heavy atom. The van der Waals surface area contributed by atoms with Gasteiger partial charge in [0.1, 0.15) is 0 Å². The molecule has 9 heavy (non-hydrogen) atoms. The van der Waals surface area contributed by atoms with Crippen LogP contribution in [0.25, 0.3) is 0 Å². The van der Waals surface area contributed by atoms with E-state index in [1.54, 1.807) is 6.08 Å². The van der Waals surface area contributed by atoms with E-state index in [9.17, 15) is 0 Å². The molecule has 0 fully saturated rings. The van der Waals surface area contributed by atoms with E-state index in [0.717, 1.165) is 0 Å². The maximum Gasteiger partial charge on any atom is 0.154 e. The minimum Gasteiger partial charge on any atom is -0.507 e. The van der Waals surface area contributed by atoms with E-state index in [0.29, 0.717) is 6.42 Å². The minimum atomic E-state index is -0.421. The molecule has 0 amide bonds. The zero-order chi connectivity index (χ0) is 6.85. The lowest BCUT2D eigenvalue weighted by atomic mass is 10.1. The lowest BCUT2D eigenvalue weighted by Crippen LogP contribution is -2.24. The Labute approximate surface area is 53.1 Å². The number of rotatable bonds is 0. The van der Waals surface area contributed by atoms with Crippen molar-refractivity contribution < 1.29 is 10.2 Å². The molecule has 3 nitrogen and oxygen atoms in total. The van der Waals surface area contributed by atoms with Gasteiger partial charge < -0.3 is 15.9 Å². The molecule has 1 aliphatic rings. The second-order valence-electron chi connectivity index (χ2n) is 2.02. The van der Waals surface area contributed by atoms with Gasteiger partial charge in [0.05, 0.1) is 6.04 Å². The molecule has 1 aliphatic carbocycles. The van der Waals surface area contributed by atoms with E-state index in [1.807, 2.05) is 0 Å². The molecule has 0 saturated heterocycles. The third kappa shape index (κ3) is 1.05. The fourth-order valence-electron chi connectivity index (χ4n) is 0.713. The van der Waals surface area contributed by atoms with Gasteiger partial charge in [-0.1, -0.05) is 6.08 Å². The summed E-state index contributed by atoms with van der Waals surface area (Å²) < 4.78 is 0. The lowest BCUT2D eigenvalue weighted by molar-refractivity contribution is 0.304. The van der Waals surface area contributed by atoms with Crippen molar-refractivity contribution in [3.63, 3.8) is 0 Å².